The highest BCUT2D eigenvalue weighted by Gasteiger charge is 2.44. The van der Waals surface area contributed by atoms with Gasteiger partial charge in [-0.05, 0) is 97.2 Å². The second-order valence-electron chi connectivity index (χ2n) is 27.7. The van der Waals surface area contributed by atoms with Crippen LogP contribution in [0.5, 0.6) is 0 Å². The summed E-state index contributed by atoms with van der Waals surface area (Å²) in [5.74, 6) is -1.17. The molecule has 0 saturated heterocycles. The maximum atomic E-state index is 12.8. The van der Waals surface area contributed by atoms with Gasteiger partial charge < -0.3 is 45.3 Å². The van der Waals surface area contributed by atoms with Crippen molar-refractivity contribution in [3.8, 4) is 0 Å². The summed E-state index contributed by atoms with van der Waals surface area (Å²) >= 11 is 0. The number of esters is 2. The second kappa shape index (κ2) is 36.0. The number of aliphatic hydroxyl groups is 4. The van der Waals surface area contributed by atoms with E-state index in [2.05, 4.69) is 108 Å². The molecule has 0 radical (unpaired) electrons. The minimum absolute atomic E-state index is 0.00750. The van der Waals surface area contributed by atoms with E-state index in [1.54, 1.807) is 58.9 Å². The van der Waals surface area contributed by atoms with Gasteiger partial charge in [0.25, 0.3) is 5.56 Å². The molecule has 25 heteroatoms. The van der Waals surface area contributed by atoms with E-state index in [9.17, 15) is 43.2 Å². The van der Waals surface area contributed by atoms with E-state index >= 15 is 0 Å². The Hall–Kier alpha value is -6.28. The van der Waals surface area contributed by atoms with Crippen molar-refractivity contribution in [2.45, 2.75) is 192 Å². The van der Waals surface area contributed by atoms with Gasteiger partial charge in [-0.2, -0.15) is 0 Å². The number of urea groups is 1. The fourth-order valence-corrected chi connectivity index (χ4v) is 12.0. The molecule has 25 nitrogen and oxygen atoms in total. The Kier molecular flexibility index (Phi) is 32.5. The van der Waals surface area contributed by atoms with Gasteiger partial charge in [0.2, 0.25) is 30.3 Å². The van der Waals surface area contributed by atoms with Crippen molar-refractivity contribution in [3.05, 3.63) is 21.6 Å². The molecule has 4 rings (SSSR count). The molecule has 0 aromatic carbocycles. The maximum absolute atomic E-state index is 12.8. The quantitative estimate of drug-likeness (QED) is 0.0232. The lowest BCUT2D eigenvalue weighted by molar-refractivity contribution is -0.152. The monoisotopic (exact) mass is 1200 g/mol. The Balaban J connectivity index is 0.000000716. The predicted molar refractivity (Wildman–Crippen MR) is 317 cm³/mol. The number of aromatic nitrogens is 2. The van der Waals surface area contributed by atoms with Gasteiger partial charge in [0.15, 0.2) is 0 Å². The molecule has 8 unspecified atom stereocenters. The van der Waals surface area contributed by atoms with Crippen LogP contribution in [0.1, 0.15) is 172 Å². The highest BCUT2D eigenvalue weighted by atomic mass is 16.6. The van der Waals surface area contributed by atoms with Crippen molar-refractivity contribution in [1.29, 1.82) is 0 Å². The number of aliphatic imine (C=N–C) groups is 4. The van der Waals surface area contributed by atoms with Gasteiger partial charge in [0.05, 0.1) is 77.2 Å². The number of aryl methyl sites for hydroxylation is 1. The Morgan fingerprint density at radius 3 is 1.46 bits per heavy atom. The summed E-state index contributed by atoms with van der Waals surface area (Å²) in [6, 6.07) is -0.781. The molecular weight excluding hydrogens is 1100 g/mol. The lowest BCUT2D eigenvalue weighted by Crippen LogP contribution is -2.49. The van der Waals surface area contributed by atoms with Crippen LogP contribution in [-0.2, 0) is 49.4 Å². The average molecular weight is 1200 g/mol. The number of carbonyl (C=O) groups excluding carboxylic acids is 8. The Labute approximate surface area is 501 Å². The molecule has 8 atom stereocenters. The highest BCUT2D eigenvalue weighted by Crippen LogP contribution is 2.49. The van der Waals surface area contributed by atoms with Gasteiger partial charge >= 0.3 is 24.1 Å². The normalized spacial score (nSPS) is 24.0. The molecule has 0 bridgehead atoms. The van der Waals surface area contributed by atoms with E-state index in [1.807, 2.05) is 0 Å². The molecule has 1 aromatic heterocycles. The summed E-state index contributed by atoms with van der Waals surface area (Å²) < 4.78 is 15.1. The number of H-pyrrole nitrogens is 1. The molecule has 3 saturated carbocycles. The molecule has 3 aliphatic carbocycles. The summed E-state index contributed by atoms with van der Waals surface area (Å²) in [6.45, 7) is 29.2. The third kappa shape index (κ3) is 31.6. The van der Waals surface area contributed by atoms with Crippen LogP contribution in [0.3, 0.4) is 0 Å². The summed E-state index contributed by atoms with van der Waals surface area (Å²) in [6.07, 6.45) is 13.2. The van der Waals surface area contributed by atoms with E-state index in [0.717, 1.165) is 44.9 Å². The van der Waals surface area contributed by atoms with Crippen LogP contribution in [0.25, 0.3) is 0 Å². The van der Waals surface area contributed by atoms with Gasteiger partial charge in [-0.3, -0.25) is 24.7 Å². The zero-order valence-electron chi connectivity index (χ0n) is 52.9. The van der Waals surface area contributed by atoms with E-state index < -0.39 is 29.6 Å². The molecule has 8 N–H and O–H groups in total. The largest absolute Gasteiger partial charge is 0.465 e. The van der Waals surface area contributed by atoms with Gasteiger partial charge in [-0.15, -0.1) is 0 Å². The molecule has 1 aromatic rings. The number of nitrogens with one attached hydrogen (secondary N) is 4. The van der Waals surface area contributed by atoms with Crippen LogP contribution < -0.4 is 21.5 Å². The summed E-state index contributed by atoms with van der Waals surface area (Å²) in [5, 5.41) is 42.8. The van der Waals surface area contributed by atoms with Crippen LogP contribution in [-0.4, -0.2) is 163 Å². The van der Waals surface area contributed by atoms with Crippen molar-refractivity contribution in [2.24, 2.45) is 69.7 Å². The topological polar surface area (TPSA) is 376 Å². The van der Waals surface area contributed by atoms with E-state index in [-0.39, 0.29) is 139 Å². The van der Waals surface area contributed by atoms with Crippen molar-refractivity contribution >= 4 is 54.3 Å². The van der Waals surface area contributed by atoms with Crippen LogP contribution in [0.2, 0.25) is 0 Å². The molecule has 0 aliphatic heterocycles. The highest BCUT2D eigenvalue weighted by molar-refractivity contribution is 5.87. The number of rotatable bonds is 24. The molecule has 3 aliphatic rings. The minimum Gasteiger partial charge on any atom is -0.465 e. The predicted octanol–water partition coefficient (Wildman–Crippen LogP) is 6.66. The van der Waals surface area contributed by atoms with Gasteiger partial charge in [0.1, 0.15) is 0 Å². The molecule has 0 spiro atoms. The fourth-order valence-electron chi connectivity index (χ4n) is 12.0. The number of hydrogen-bond donors (Lipinski definition) is 8. The zero-order chi connectivity index (χ0) is 64.9. The molecule has 3 fully saturated rings. The van der Waals surface area contributed by atoms with Crippen LogP contribution in [0, 0.1) is 56.7 Å². The molecule has 3 amide bonds. The average Bonchev–Trinajstić information content (AvgIpc) is 3.39. The van der Waals surface area contributed by atoms with E-state index in [0.29, 0.717) is 43.7 Å². The van der Waals surface area contributed by atoms with Gasteiger partial charge in [-0.25, -0.2) is 53.7 Å². The number of aromatic amines is 1. The standard InChI is InChI=1S/C31H47N7O6.C12H18N2O2.C12H22O6.C5H12O2/c1-20-23(8-9-44-27(43)36-22-11-29(4,5)15-31(7,13-22)17-33-19-40)24(41)37-25(34-20)38-26(42)35-21-10-28(2,3)14-30(6,12-21)16-32-18-39;1-11(2)4-10(14-9-16)5-12(3,6-11)7-13-8-15;1-9(5-13)7-17-11(15)3-4-12(16)18-8-10(2)6-14;1-5(2,3-6)4-7/h21-22H,8-17H2,1-7H3,(H,36,43)(H3,34,35,37,38,41,42);10H,4-7H2,1-3H3;9-10,13-14H,3-8H2,1-2H3;6-7H,3-4H2,1-2H3. The smallest absolute Gasteiger partial charge is 0.407 e. The number of aliphatic hydroxyl groups excluding tert-OH is 4. The van der Waals surface area contributed by atoms with Crippen LogP contribution in [0.15, 0.2) is 24.8 Å². The number of ether oxygens (including phenoxy) is 3. The Bertz CT molecular complexity index is 2530. The summed E-state index contributed by atoms with van der Waals surface area (Å²) in [5.41, 5.74) is -0.524. The molecule has 1 heterocycles. The second-order valence-corrected chi connectivity index (χ2v) is 27.7. The van der Waals surface area contributed by atoms with E-state index in [4.69, 9.17) is 34.6 Å². The number of nitrogens with zero attached hydrogens (tertiary/aromatic N) is 5. The van der Waals surface area contributed by atoms with Crippen molar-refractivity contribution < 1.29 is 73.0 Å². The zero-order valence-corrected chi connectivity index (χ0v) is 52.9. The van der Waals surface area contributed by atoms with Crippen LogP contribution >= 0.6 is 0 Å². The first-order valence-electron chi connectivity index (χ1n) is 29.0. The molecular formula is C60H99N9O16. The molecule has 85 heavy (non-hydrogen) atoms. The van der Waals surface area contributed by atoms with Crippen LogP contribution in [0.4, 0.5) is 15.5 Å². The van der Waals surface area contributed by atoms with Gasteiger partial charge in [0, 0.05) is 54.5 Å². The maximum Gasteiger partial charge on any atom is 0.407 e. The van der Waals surface area contributed by atoms with Crippen molar-refractivity contribution in [3.63, 3.8) is 0 Å². The lowest BCUT2D eigenvalue weighted by Gasteiger charge is -2.46. The first-order valence-corrected chi connectivity index (χ1v) is 29.0. The number of amides is 3. The first kappa shape index (κ1) is 76.7. The lowest BCUT2D eigenvalue weighted by atomic mass is 9.62. The third-order valence-electron chi connectivity index (χ3n) is 14.9. The first-order chi connectivity index (χ1) is 39.5. The summed E-state index contributed by atoms with van der Waals surface area (Å²) in [7, 11) is 0. The number of isocyanates is 4. The SMILES string of the molecule is CC(C)(CO)CO.CC(CO)COC(=O)CCC(=O)OCC(C)CO.CC1(C)CC(N=C=O)CC(C)(CN=C=O)C1.Cc1nc(NC(=O)NC2CC(C)(C)CC(C)(CN=C=O)C2)[nH]c(=O)c1CCOC(=O)NC1CC(C)(C)CC(C)(CN=C=O)C1. The third-order valence-corrected chi connectivity index (χ3v) is 14.9. The van der Waals surface area contributed by atoms with Crippen molar-refractivity contribution in [1.82, 2.24) is 20.6 Å². The van der Waals surface area contributed by atoms with Gasteiger partial charge in [-0.1, -0.05) is 90.0 Å². The minimum atomic E-state index is -0.578. The number of hydrogen-bond acceptors (Lipinski definition) is 21. The van der Waals surface area contributed by atoms with E-state index in [1.165, 1.54) is 0 Å². The fraction of sp³-hybridized carbons (Fsp3) is 0.800. The number of anilines is 1. The Morgan fingerprint density at radius 1 is 0.647 bits per heavy atom. The molecule has 480 valence electrons. The van der Waals surface area contributed by atoms with Crippen molar-refractivity contribution in [2.75, 3.05) is 71.2 Å². The Morgan fingerprint density at radius 2 is 1.07 bits per heavy atom. The summed E-state index contributed by atoms with van der Waals surface area (Å²) in [4.78, 5) is 125. The number of carbonyl (C=O) groups is 4. The number of alkyl carbamates (subject to hydrolysis) is 1.